The molecule has 2 amide bonds. The topological polar surface area (TPSA) is 69.6 Å². The van der Waals surface area contributed by atoms with Gasteiger partial charge in [0.25, 0.3) is 0 Å². The molecule has 5 nitrogen and oxygen atoms in total. The van der Waals surface area contributed by atoms with Crippen molar-refractivity contribution in [2.75, 3.05) is 11.4 Å². The van der Waals surface area contributed by atoms with Crippen molar-refractivity contribution < 1.29 is 14.7 Å². The predicted molar refractivity (Wildman–Crippen MR) is 79.5 cm³/mol. The van der Waals surface area contributed by atoms with Crippen LogP contribution in [0.1, 0.15) is 37.7 Å². The second-order valence-corrected chi connectivity index (χ2v) is 6.09. The Hall–Kier alpha value is -2.04. The van der Waals surface area contributed by atoms with Gasteiger partial charge in [0.1, 0.15) is 5.92 Å². The van der Waals surface area contributed by atoms with Crippen molar-refractivity contribution in [3.8, 4) is 0 Å². The lowest BCUT2D eigenvalue weighted by molar-refractivity contribution is -0.138. The summed E-state index contributed by atoms with van der Waals surface area (Å²) in [6.45, 7) is 2.21. The molecule has 0 spiro atoms. The number of nitrogens with zero attached hydrogens (tertiary/aromatic N) is 1. The van der Waals surface area contributed by atoms with Crippen LogP contribution in [0, 0.1) is 5.92 Å². The van der Waals surface area contributed by atoms with Gasteiger partial charge < -0.3 is 10.4 Å². The number of hydrogen-bond donors (Lipinski definition) is 2. The number of nitrogens with one attached hydrogen (secondary N) is 1. The number of rotatable bonds is 4. The maximum absolute atomic E-state index is 12.4. The van der Waals surface area contributed by atoms with Gasteiger partial charge in [-0.3, -0.25) is 9.69 Å². The van der Waals surface area contributed by atoms with E-state index in [9.17, 15) is 14.7 Å². The van der Waals surface area contributed by atoms with Gasteiger partial charge in [0.15, 0.2) is 0 Å². The summed E-state index contributed by atoms with van der Waals surface area (Å²) in [4.78, 5) is 25.3. The summed E-state index contributed by atoms with van der Waals surface area (Å²) in [5.41, 5.74) is 1.43. The fourth-order valence-electron chi connectivity index (χ4n) is 3.01. The molecular weight excluding hydrogens is 268 g/mol. The average molecular weight is 288 g/mol. The molecule has 1 aliphatic carbocycles. The van der Waals surface area contributed by atoms with Gasteiger partial charge in [-0.15, -0.1) is 0 Å². The van der Waals surface area contributed by atoms with E-state index >= 15 is 0 Å². The standard InChI is InChI=1S/C16H20N2O3/c1-10(8-11-6-7-11)17-16(21)18-9-13(15(19)20)12-4-2-3-5-14(12)18/h2-5,10-11,13H,6-9H2,1H3,(H,17,21)(H,19,20). The predicted octanol–water partition coefficient (Wildman–Crippen LogP) is 2.57. The molecule has 21 heavy (non-hydrogen) atoms. The van der Waals surface area contributed by atoms with Crippen LogP contribution in [0.5, 0.6) is 0 Å². The molecule has 1 heterocycles. The average Bonchev–Trinajstić information content (AvgIpc) is 3.15. The van der Waals surface area contributed by atoms with Crippen LogP contribution in [-0.2, 0) is 4.79 Å². The van der Waals surface area contributed by atoms with Gasteiger partial charge in [-0.05, 0) is 30.9 Å². The maximum atomic E-state index is 12.4. The van der Waals surface area contributed by atoms with Crippen LogP contribution in [0.3, 0.4) is 0 Å². The zero-order valence-electron chi connectivity index (χ0n) is 12.1. The summed E-state index contributed by atoms with van der Waals surface area (Å²) >= 11 is 0. The second kappa shape index (κ2) is 5.39. The molecule has 3 rings (SSSR count). The van der Waals surface area contributed by atoms with E-state index in [1.54, 1.807) is 11.0 Å². The van der Waals surface area contributed by atoms with Crippen LogP contribution in [0.2, 0.25) is 0 Å². The third-order valence-corrected chi connectivity index (χ3v) is 4.27. The number of anilines is 1. The number of fused-ring (bicyclic) bond motifs is 1. The number of urea groups is 1. The first-order valence-corrected chi connectivity index (χ1v) is 7.46. The molecule has 1 aromatic carbocycles. The molecule has 2 N–H and O–H groups in total. The van der Waals surface area contributed by atoms with Gasteiger partial charge in [-0.2, -0.15) is 0 Å². The van der Waals surface area contributed by atoms with Crippen molar-refractivity contribution in [2.24, 2.45) is 5.92 Å². The van der Waals surface area contributed by atoms with Crippen LogP contribution in [0.4, 0.5) is 10.5 Å². The Morgan fingerprint density at radius 3 is 2.76 bits per heavy atom. The minimum atomic E-state index is -0.885. The number of carboxylic acid groups (broad SMARTS) is 1. The minimum Gasteiger partial charge on any atom is -0.481 e. The summed E-state index contributed by atoms with van der Waals surface area (Å²) in [6, 6.07) is 7.17. The molecule has 0 aromatic heterocycles. The first-order valence-electron chi connectivity index (χ1n) is 7.46. The Kier molecular flexibility index (Phi) is 3.57. The number of aliphatic carboxylic acids is 1. The number of hydrogen-bond acceptors (Lipinski definition) is 2. The number of carboxylic acids is 1. The van der Waals surface area contributed by atoms with Gasteiger partial charge in [-0.1, -0.05) is 31.0 Å². The zero-order chi connectivity index (χ0) is 15.0. The van der Waals surface area contributed by atoms with Gasteiger partial charge in [-0.25, -0.2) is 4.79 Å². The van der Waals surface area contributed by atoms with E-state index in [-0.39, 0.29) is 18.6 Å². The zero-order valence-corrected chi connectivity index (χ0v) is 12.1. The van der Waals surface area contributed by atoms with Crippen molar-refractivity contribution in [2.45, 2.75) is 38.1 Å². The monoisotopic (exact) mass is 288 g/mol. The lowest BCUT2D eigenvalue weighted by atomic mass is 10.0. The largest absolute Gasteiger partial charge is 0.481 e. The van der Waals surface area contributed by atoms with E-state index in [0.29, 0.717) is 5.69 Å². The number of carbonyl (C=O) groups is 2. The lowest BCUT2D eigenvalue weighted by Crippen LogP contribution is -2.44. The quantitative estimate of drug-likeness (QED) is 0.894. The fourth-order valence-corrected chi connectivity index (χ4v) is 3.01. The molecule has 112 valence electrons. The van der Waals surface area contributed by atoms with Crippen LogP contribution >= 0.6 is 0 Å². The minimum absolute atomic E-state index is 0.126. The summed E-state index contributed by atoms with van der Waals surface area (Å²) < 4.78 is 0. The van der Waals surface area contributed by atoms with E-state index in [1.165, 1.54) is 12.8 Å². The van der Waals surface area contributed by atoms with Gasteiger partial charge in [0, 0.05) is 18.3 Å². The molecule has 1 saturated carbocycles. The second-order valence-electron chi connectivity index (χ2n) is 6.09. The Balaban J connectivity index is 1.73. The Morgan fingerprint density at radius 2 is 2.10 bits per heavy atom. The van der Waals surface area contributed by atoms with E-state index in [4.69, 9.17) is 0 Å². The first kappa shape index (κ1) is 13.9. The summed E-state index contributed by atoms with van der Waals surface area (Å²) in [7, 11) is 0. The Labute approximate surface area is 123 Å². The number of carbonyl (C=O) groups excluding carboxylic acids is 1. The SMILES string of the molecule is CC(CC1CC1)NC(=O)N1CC(C(=O)O)c2ccccc21. The van der Waals surface area contributed by atoms with Gasteiger partial charge >= 0.3 is 12.0 Å². The molecule has 0 saturated heterocycles. The Morgan fingerprint density at radius 1 is 1.38 bits per heavy atom. The summed E-state index contributed by atoms with van der Waals surface area (Å²) in [5, 5.41) is 12.3. The van der Waals surface area contributed by atoms with E-state index < -0.39 is 11.9 Å². The van der Waals surface area contributed by atoms with Crippen LogP contribution in [0.25, 0.3) is 0 Å². The lowest BCUT2D eigenvalue weighted by Gasteiger charge is -2.21. The molecule has 0 bridgehead atoms. The highest BCUT2D eigenvalue weighted by atomic mass is 16.4. The van der Waals surface area contributed by atoms with E-state index in [2.05, 4.69) is 5.32 Å². The van der Waals surface area contributed by atoms with E-state index in [0.717, 1.165) is 17.9 Å². The first-order chi connectivity index (χ1) is 10.1. The van der Waals surface area contributed by atoms with Crippen molar-refractivity contribution >= 4 is 17.7 Å². The molecule has 1 aliphatic heterocycles. The van der Waals surface area contributed by atoms with E-state index in [1.807, 2.05) is 25.1 Å². The molecule has 2 atom stereocenters. The smallest absolute Gasteiger partial charge is 0.322 e. The number of amides is 2. The number of benzene rings is 1. The van der Waals surface area contributed by atoms with Crippen LogP contribution in [0.15, 0.2) is 24.3 Å². The molecule has 1 aromatic rings. The third-order valence-electron chi connectivity index (χ3n) is 4.27. The normalized spacial score (nSPS) is 21.8. The highest BCUT2D eigenvalue weighted by Gasteiger charge is 2.36. The van der Waals surface area contributed by atoms with Crippen LogP contribution < -0.4 is 10.2 Å². The Bertz CT molecular complexity index is 568. The highest BCUT2D eigenvalue weighted by molar-refractivity contribution is 5.98. The summed E-state index contributed by atoms with van der Waals surface area (Å²) in [5.74, 6) is -0.771. The maximum Gasteiger partial charge on any atom is 0.322 e. The molecule has 0 radical (unpaired) electrons. The summed E-state index contributed by atoms with van der Waals surface area (Å²) in [6.07, 6.45) is 3.52. The van der Waals surface area contributed by atoms with Crippen molar-refractivity contribution in [1.82, 2.24) is 5.32 Å². The van der Waals surface area contributed by atoms with Crippen molar-refractivity contribution in [1.29, 1.82) is 0 Å². The number of para-hydroxylation sites is 1. The molecule has 2 unspecified atom stereocenters. The molecule has 2 aliphatic rings. The van der Waals surface area contributed by atoms with Crippen LogP contribution in [-0.4, -0.2) is 29.7 Å². The highest BCUT2D eigenvalue weighted by Crippen LogP contribution is 2.36. The van der Waals surface area contributed by atoms with Crippen molar-refractivity contribution in [3.63, 3.8) is 0 Å². The molecule has 1 fully saturated rings. The fraction of sp³-hybridized carbons (Fsp3) is 0.500. The van der Waals surface area contributed by atoms with Gasteiger partial charge in [0.2, 0.25) is 0 Å². The van der Waals surface area contributed by atoms with Gasteiger partial charge in [0.05, 0.1) is 0 Å². The van der Waals surface area contributed by atoms with Crippen molar-refractivity contribution in [3.05, 3.63) is 29.8 Å². The third kappa shape index (κ3) is 2.86. The molecule has 5 heteroatoms. The molecular formula is C16H20N2O3.